The highest BCUT2D eigenvalue weighted by molar-refractivity contribution is 9.10. The van der Waals surface area contributed by atoms with E-state index in [1.54, 1.807) is 0 Å². The lowest BCUT2D eigenvalue weighted by Gasteiger charge is -2.07. The van der Waals surface area contributed by atoms with Crippen LogP contribution >= 0.6 is 27.5 Å². The van der Waals surface area contributed by atoms with Crippen LogP contribution in [0.25, 0.3) is 0 Å². The molecule has 1 aromatic carbocycles. The van der Waals surface area contributed by atoms with Crippen LogP contribution in [0.5, 0.6) is 5.75 Å². The molecule has 0 bridgehead atoms. The molecule has 0 saturated heterocycles. The van der Waals surface area contributed by atoms with Crippen LogP contribution in [0.15, 0.2) is 33.2 Å². The van der Waals surface area contributed by atoms with E-state index in [1.165, 1.54) is 0 Å². The lowest BCUT2D eigenvalue weighted by Crippen LogP contribution is -2.13. The lowest BCUT2D eigenvalue weighted by atomic mass is 10.2. The molecular weight excluding hydrogens is 354 g/mol. The molecule has 3 nitrogen and oxygen atoms in total. The summed E-state index contributed by atoms with van der Waals surface area (Å²) in [5.41, 5.74) is 1.06. The van der Waals surface area contributed by atoms with Gasteiger partial charge in [0.25, 0.3) is 0 Å². The molecule has 0 aliphatic carbocycles. The first-order valence-electron chi connectivity index (χ1n) is 6.97. The minimum atomic E-state index is 0.476. The predicted molar refractivity (Wildman–Crippen MR) is 88.9 cm³/mol. The number of rotatable bonds is 7. The van der Waals surface area contributed by atoms with E-state index in [0.29, 0.717) is 11.6 Å². The van der Waals surface area contributed by atoms with E-state index in [9.17, 15) is 0 Å². The van der Waals surface area contributed by atoms with E-state index in [1.807, 2.05) is 31.2 Å². The molecule has 1 N–H and O–H groups in total. The summed E-state index contributed by atoms with van der Waals surface area (Å²) in [6, 6.07) is 7.52. The maximum atomic E-state index is 5.92. The Kier molecular flexibility index (Phi) is 6.15. The van der Waals surface area contributed by atoms with E-state index in [-0.39, 0.29) is 0 Å². The van der Waals surface area contributed by atoms with Gasteiger partial charge >= 0.3 is 0 Å². The van der Waals surface area contributed by atoms with Crippen LogP contribution in [-0.2, 0) is 13.2 Å². The summed E-state index contributed by atoms with van der Waals surface area (Å²) in [5, 5.41) is 4.00. The standard InChI is InChI=1S/C16H19BrClNO2/c1-3-6-19-9-14-7-12(11(2)21-14)10-20-16-5-4-13(18)8-15(16)17/h4-5,7-8,19H,3,6,9-10H2,1-2H3. The molecule has 2 aromatic rings. The van der Waals surface area contributed by atoms with Crippen LogP contribution < -0.4 is 10.1 Å². The van der Waals surface area contributed by atoms with Gasteiger partial charge < -0.3 is 14.5 Å². The molecule has 0 unspecified atom stereocenters. The molecule has 0 saturated carbocycles. The van der Waals surface area contributed by atoms with Crippen LogP contribution in [-0.4, -0.2) is 6.54 Å². The molecule has 1 heterocycles. The van der Waals surface area contributed by atoms with Crippen molar-refractivity contribution in [2.24, 2.45) is 0 Å². The van der Waals surface area contributed by atoms with E-state index < -0.39 is 0 Å². The van der Waals surface area contributed by atoms with Gasteiger partial charge in [0.15, 0.2) is 0 Å². The first kappa shape index (κ1) is 16.4. The summed E-state index contributed by atoms with van der Waals surface area (Å²) in [6.45, 7) is 6.31. The Morgan fingerprint density at radius 1 is 1.33 bits per heavy atom. The maximum Gasteiger partial charge on any atom is 0.134 e. The van der Waals surface area contributed by atoms with E-state index in [2.05, 4.69) is 28.2 Å². The average Bonchev–Trinajstić information content (AvgIpc) is 2.79. The van der Waals surface area contributed by atoms with Gasteiger partial charge in [0.05, 0.1) is 11.0 Å². The van der Waals surface area contributed by atoms with Crippen molar-refractivity contribution in [3.63, 3.8) is 0 Å². The number of nitrogens with one attached hydrogen (secondary N) is 1. The fourth-order valence-electron chi connectivity index (χ4n) is 1.95. The third-order valence-electron chi connectivity index (χ3n) is 3.07. The zero-order valence-electron chi connectivity index (χ0n) is 12.2. The van der Waals surface area contributed by atoms with Crippen molar-refractivity contribution in [1.82, 2.24) is 5.32 Å². The average molecular weight is 373 g/mol. The fourth-order valence-corrected chi connectivity index (χ4v) is 2.75. The molecule has 0 aliphatic rings. The van der Waals surface area contributed by atoms with Crippen molar-refractivity contribution in [1.29, 1.82) is 0 Å². The smallest absolute Gasteiger partial charge is 0.134 e. The van der Waals surface area contributed by atoms with Crippen molar-refractivity contribution in [2.75, 3.05) is 6.54 Å². The van der Waals surface area contributed by atoms with Crippen LogP contribution in [0.1, 0.15) is 30.4 Å². The minimum absolute atomic E-state index is 0.476. The maximum absolute atomic E-state index is 5.92. The molecule has 0 amide bonds. The summed E-state index contributed by atoms with van der Waals surface area (Å²) in [4.78, 5) is 0. The highest BCUT2D eigenvalue weighted by Crippen LogP contribution is 2.29. The van der Waals surface area contributed by atoms with E-state index in [4.69, 9.17) is 20.8 Å². The molecule has 1 aromatic heterocycles. The highest BCUT2D eigenvalue weighted by atomic mass is 79.9. The molecule has 0 spiro atoms. The second-order valence-corrected chi connectivity index (χ2v) is 6.13. The summed E-state index contributed by atoms with van der Waals surface area (Å²) in [5.74, 6) is 2.61. The van der Waals surface area contributed by atoms with Crippen molar-refractivity contribution in [3.8, 4) is 5.75 Å². The third kappa shape index (κ3) is 4.77. The SMILES string of the molecule is CCCNCc1cc(COc2ccc(Cl)cc2Br)c(C)o1. The third-order valence-corrected chi connectivity index (χ3v) is 3.93. The van der Waals surface area contributed by atoms with E-state index >= 15 is 0 Å². The number of halogens is 2. The minimum Gasteiger partial charge on any atom is -0.488 e. The van der Waals surface area contributed by atoms with Crippen molar-refractivity contribution >= 4 is 27.5 Å². The van der Waals surface area contributed by atoms with Gasteiger partial charge in [-0.15, -0.1) is 0 Å². The second-order valence-electron chi connectivity index (χ2n) is 4.83. The molecule has 5 heteroatoms. The van der Waals surface area contributed by atoms with Gasteiger partial charge in [-0.05, 0) is 60.1 Å². The molecular formula is C16H19BrClNO2. The summed E-state index contributed by atoms with van der Waals surface area (Å²) in [6.07, 6.45) is 1.11. The first-order valence-corrected chi connectivity index (χ1v) is 8.14. The van der Waals surface area contributed by atoms with Crippen molar-refractivity contribution < 1.29 is 9.15 Å². The second kappa shape index (κ2) is 7.87. The van der Waals surface area contributed by atoms with E-state index in [0.717, 1.165) is 46.8 Å². The van der Waals surface area contributed by atoms with Gasteiger partial charge in [0.2, 0.25) is 0 Å². The number of hydrogen-bond acceptors (Lipinski definition) is 3. The summed E-state index contributed by atoms with van der Waals surface area (Å²) >= 11 is 9.36. The Labute approximate surface area is 138 Å². The van der Waals surface area contributed by atoms with Gasteiger partial charge in [0.1, 0.15) is 23.9 Å². The number of furan rings is 1. The predicted octanol–water partition coefficient (Wildman–Crippen LogP) is 5.08. The quantitative estimate of drug-likeness (QED) is 0.688. The van der Waals surface area contributed by atoms with Crippen LogP contribution in [0, 0.1) is 6.92 Å². The zero-order valence-corrected chi connectivity index (χ0v) is 14.6. The van der Waals surface area contributed by atoms with Gasteiger partial charge in [0, 0.05) is 10.6 Å². The Morgan fingerprint density at radius 2 is 2.14 bits per heavy atom. The lowest BCUT2D eigenvalue weighted by molar-refractivity contribution is 0.301. The molecule has 21 heavy (non-hydrogen) atoms. The van der Waals surface area contributed by atoms with Crippen molar-refractivity contribution in [2.45, 2.75) is 33.4 Å². The molecule has 2 rings (SSSR count). The summed E-state index contributed by atoms with van der Waals surface area (Å²) in [7, 11) is 0. The van der Waals surface area contributed by atoms with Crippen LogP contribution in [0.4, 0.5) is 0 Å². The number of ether oxygens (including phenoxy) is 1. The molecule has 0 radical (unpaired) electrons. The van der Waals surface area contributed by atoms with Gasteiger partial charge in [-0.3, -0.25) is 0 Å². The van der Waals surface area contributed by atoms with Crippen LogP contribution in [0.3, 0.4) is 0 Å². The largest absolute Gasteiger partial charge is 0.488 e. The topological polar surface area (TPSA) is 34.4 Å². The Hall–Kier alpha value is -0.970. The molecule has 114 valence electrons. The van der Waals surface area contributed by atoms with Crippen molar-refractivity contribution in [3.05, 3.63) is 50.8 Å². The monoisotopic (exact) mass is 371 g/mol. The first-order chi connectivity index (χ1) is 10.1. The fraction of sp³-hybridized carbons (Fsp3) is 0.375. The molecule has 0 atom stereocenters. The van der Waals surface area contributed by atoms with Gasteiger partial charge in [-0.1, -0.05) is 18.5 Å². The van der Waals surface area contributed by atoms with Crippen LogP contribution in [0.2, 0.25) is 5.02 Å². The molecule has 0 aliphatic heterocycles. The Balaban J connectivity index is 1.96. The van der Waals surface area contributed by atoms with Gasteiger partial charge in [-0.25, -0.2) is 0 Å². The number of hydrogen-bond donors (Lipinski definition) is 1. The molecule has 0 fully saturated rings. The Bertz CT molecular complexity index is 598. The summed E-state index contributed by atoms with van der Waals surface area (Å²) < 4.78 is 12.4. The Morgan fingerprint density at radius 3 is 2.86 bits per heavy atom. The highest BCUT2D eigenvalue weighted by Gasteiger charge is 2.09. The zero-order chi connectivity index (χ0) is 15.2. The normalized spacial score (nSPS) is 10.9. The number of benzene rings is 1. The number of aryl methyl sites for hydroxylation is 1. The van der Waals surface area contributed by atoms with Gasteiger partial charge in [-0.2, -0.15) is 0 Å².